The van der Waals surface area contributed by atoms with Crippen molar-refractivity contribution < 1.29 is 24.2 Å². The van der Waals surface area contributed by atoms with Crippen LogP contribution in [0.2, 0.25) is 0 Å². The Hall–Kier alpha value is -3.02. The smallest absolute Gasteiger partial charge is 0.335 e. The highest BCUT2D eigenvalue weighted by Gasteiger charge is 2.14. The van der Waals surface area contributed by atoms with Crippen molar-refractivity contribution in [3.05, 3.63) is 59.2 Å². The third kappa shape index (κ3) is 4.73. The van der Waals surface area contributed by atoms with Crippen molar-refractivity contribution in [1.29, 1.82) is 0 Å². The van der Waals surface area contributed by atoms with Gasteiger partial charge in [0.25, 0.3) is 0 Å². The number of carbonyl (C=O) groups excluding carboxylic acids is 1. The second kappa shape index (κ2) is 8.19. The van der Waals surface area contributed by atoms with Gasteiger partial charge in [-0.25, -0.2) is 4.79 Å². The number of carboxylic acid groups (broad SMARTS) is 1. The van der Waals surface area contributed by atoms with E-state index in [1.807, 2.05) is 19.1 Å². The highest BCUT2D eigenvalue weighted by molar-refractivity contribution is 5.88. The van der Waals surface area contributed by atoms with Crippen molar-refractivity contribution in [2.24, 2.45) is 0 Å². The fraction of sp³-hybridized carbons (Fsp3) is 0.263. The maximum Gasteiger partial charge on any atom is 0.335 e. The molecule has 0 heterocycles. The zero-order chi connectivity index (χ0) is 18.4. The molecule has 25 heavy (non-hydrogen) atoms. The highest BCUT2D eigenvalue weighted by Crippen LogP contribution is 2.29. The first-order chi connectivity index (χ1) is 11.9. The van der Waals surface area contributed by atoms with Gasteiger partial charge in [-0.2, -0.15) is 0 Å². The Balaban J connectivity index is 2.05. The van der Waals surface area contributed by atoms with Crippen LogP contribution in [0.25, 0.3) is 0 Å². The SMILES string of the molecule is COc1ccc(C(C)NC(=O)Cc2cccc(C(=O)O)c2)cc1OC. The Labute approximate surface area is 146 Å². The summed E-state index contributed by atoms with van der Waals surface area (Å²) >= 11 is 0. The molecule has 1 atom stereocenters. The van der Waals surface area contributed by atoms with Crippen LogP contribution in [0.3, 0.4) is 0 Å². The van der Waals surface area contributed by atoms with E-state index in [0.717, 1.165) is 5.56 Å². The fourth-order valence-electron chi connectivity index (χ4n) is 2.50. The van der Waals surface area contributed by atoms with Gasteiger partial charge in [0, 0.05) is 0 Å². The van der Waals surface area contributed by atoms with E-state index < -0.39 is 5.97 Å². The van der Waals surface area contributed by atoms with E-state index in [1.54, 1.807) is 32.4 Å². The number of hydrogen-bond donors (Lipinski definition) is 2. The summed E-state index contributed by atoms with van der Waals surface area (Å²) in [5.74, 6) is 0.0105. The number of ether oxygens (including phenoxy) is 2. The third-order valence-electron chi connectivity index (χ3n) is 3.82. The topological polar surface area (TPSA) is 84.9 Å². The molecule has 0 saturated heterocycles. The van der Waals surface area contributed by atoms with Gasteiger partial charge in [0.15, 0.2) is 11.5 Å². The maximum absolute atomic E-state index is 12.2. The molecule has 0 spiro atoms. The molecule has 0 saturated carbocycles. The molecular weight excluding hydrogens is 322 g/mol. The molecule has 132 valence electrons. The predicted molar refractivity (Wildman–Crippen MR) is 93.2 cm³/mol. The lowest BCUT2D eigenvalue weighted by Gasteiger charge is -2.16. The number of hydrogen-bond acceptors (Lipinski definition) is 4. The van der Waals surface area contributed by atoms with E-state index in [4.69, 9.17) is 14.6 Å². The summed E-state index contributed by atoms with van der Waals surface area (Å²) in [6.07, 6.45) is 0.110. The molecule has 1 amide bonds. The molecule has 0 fully saturated rings. The quantitative estimate of drug-likeness (QED) is 0.807. The summed E-state index contributed by atoms with van der Waals surface area (Å²) in [7, 11) is 3.12. The van der Waals surface area contributed by atoms with Gasteiger partial charge in [-0.3, -0.25) is 4.79 Å². The summed E-state index contributed by atoms with van der Waals surface area (Å²) in [6, 6.07) is 11.6. The Morgan fingerprint density at radius 3 is 2.44 bits per heavy atom. The lowest BCUT2D eigenvalue weighted by atomic mass is 10.1. The molecule has 2 rings (SSSR count). The molecular formula is C19H21NO5. The normalized spacial score (nSPS) is 11.5. The zero-order valence-electron chi connectivity index (χ0n) is 14.4. The van der Waals surface area contributed by atoms with Gasteiger partial charge < -0.3 is 19.9 Å². The minimum absolute atomic E-state index is 0.110. The minimum atomic E-state index is -1.01. The number of carbonyl (C=O) groups is 2. The van der Waals surface area contributed by atoms with Crippen LogP contribution in [0.4, 0.5) is 0 Å². The van der Waals surface area contributed by atoms with Gasteiger partial charge in [-0.1, -0.05) is 18.2 Å². The number of nitrogens with one attached hydrogen (secondary N) is 1. The van der Waals surface area contributed by atoms with Gasteiger partial charge in [0.2, 0.25) is 5.91 Å². The van der Waals surface area contributed by atoms with Crippen molar-refractivity contribution >= 4 is 11.9 Å². The lowest BCUT2D eigenvalue weighted by molar-refractivity contribution is -0.121. The maximum atomic E-state index is 12.2. The standard InChI is InChI=1S/C19H21NO5/c1-12(14-7-8-16(24-2)17(11-14)25-3)20-18(21)10-13-5-4-6-15(9-13)19(22)23/h4-9,11-12H,10H2,1-3H3,(H,20,21)(H,22,23). The van der Waals surface area contributed by atoms with E-state index in [1.165, 1.54) is 12.1 Å². The van der Waals surface area contributed by atoms with Gasteiger partial charge >= 0.3 is 5.97 Å². The summed E-state index contributed by atoms with van der Waals surface area (Å²) in [5.41, 5.74) is 1.69. The molecule has 0 aliphatic heterocycles. The largest absolute Gasteiger partial charge is 0.493 e. The Kier molecular flexibility index (Phi) is 6.00. The third-order valence-corrected chi connectivity index (χ3v) is 3.82. The van der Waals surface area contributed by atoms with Crippen LogP contribution in [0, 0.1) is 0 Å². The first-order valence-corrected chi connectivity index (χ1v) is 7.78. The van der Waals surface area contributed by atoms with Gasteiger partial charge in [0.1, 0.15) is 0 Å². The monoisotopic (exact) mass is 343 g/mol. The summed E-state index contributed by atoms with van der Waals surface area (Å²) in [6.45, 7) is 1.87. The average molecular weight is 343 g/mol. The Morgan fingerprint density at radius 2 is 1.80 bits per heavy atom. The summed E-state index contributed by atoms with van der Waals surface area (Å²) < 4.78 is 10.5. The van der Waals surface area contributed by atoms with E-state index in [2.05, 4.69) is 5.32 Å². The van der Waals surface area contributed by atoms with Gasteiger partial charge in [-0.15, -0.1) is 0 Å². The van der Waals surface area contributed by atoms with Crippen molar-refractivity contribution in [3.63, 3.8) is 0 Å². The number of carboxylic acids is 1. The van der Waals surface area contributed by atoms with Crippen LogP contribution in [0.5, 0.6) is 11.5 Å². The highest BCUT2D eigenvalue weighted by atomic mass is 16.5. The number of aromatic carboxylic acids is 1. The number of benzene rings is 2. The van der Waals surface area contributed by atoms with Crippen LogP contribution >= 0.6 is 0 Å². The van der Waals surface area contributed by atoms with Crippen LogP contribution in [0.1, 0.15) is 34.5 Å². The molecule has 2 aromatic carbocycles. The molecule has 0 aromatic heterocycles. The van der Waals surface area contributed by atoms with E-state index in [0.29, 0.717) is 17.1 Å². The van der Waals surface area contributed by atoms with Crippen molar-refractivity contribution in [1.82, 2.24) is 5.32 Å². The predicted octanol–water partition coefficient (Wildman–Crippen LogP) is 2.82. The Morgan fingerprint density at radius 1 is 1.08 bits per heavy atom. The molecule has 2 aromatic rings. The average Bonchev–Trinajstić information content (AvgIpc) is 2.61. The van der Waals surface area contributed by atoms with Crippen LogP contribution in [-0.2, 0) is 11.2 Å². The molecule has 6 nitrogen and oxygen atoms in total. The number of rotatable bonds is 7. The summed E-state index contributed by atoms with van der Waals surface area (Å²) in [5, 5.41) is 11.9. The molecule has 0 aliphatic rings. The van der Waals surface area contributed by atoms with Crippen molar-refractivity contribution in [2.75, 3.05) is 14.2 Å². The molecule has 6 heteroatoms. The zero-order valence-corrected chi connectivity index (χ0v) is 14.4. The van der Waals surface area contributed by atoms with Crippen LogP contribution in [-0.4, -0.2) is 31.2 Å². The second-order valence-corrected chi connectivity index (χ2v) is 5.59. The molecule has 0 radical (unpaired) electrons. The van der Waals surface area contributed by atoms with Crippen molar-refractivity contribution in [2.45, 2.75) is 19.4 Å². The van der Waals surface area contributed by atoms with Gasteiger partial charge in [-0.05, 0) is 42.3 Å². The summed E-state index contributed by atoms with van der Waals surface area (Å²) in [4.78, 5) is 23.2. The molecule has 1 unspecified atom stereocenters. The Bertz CT molecular complexity index is 772. The van der Waals surface area contributed by atoms with E-state index >= 15 is 0 Å². The van der Waals surface area contributed by atoms with Crippen LogP contribution < -0.4 is 14.8 Å². The first-order valence-electron chi connectivity index (χ1n) is 7.78. The van der Waals surface area contributed by atoms with E-state index in [9.17, 15) is 9.59 Å². The van der Waals surface area contributed by atoms with Gasteiger partial charge in [0.05, 0.1) is 32.2 Å². The van der Waals surface area contributed by atoms with E-state index in [-0.39, 0.29) is 23.9 Å². The van der Waals surface area contributed by atoms with Crippen molar-refractivity contribution in [3.8, 4) is 11.5 Å². The first kappa shape index (κ1) is 18.3. The molecule has 2 N–H and O–H groups in total. The lowest BCUT2D eigenvalue weighted by Crippen LogP contribution is -2.28. The van der Waals surface area contributed by atoms with Crippen LogP contribution in [0.15, 0.2) is 42.5 Å². The molecule has 0 bridgehead atoms. The number of amides is 1. The second-order valence-electron chi connectivity index (χ2n) is 5.59. The molecule has 0 aliphatic carbocycles. The fourth-order valence-corrected chi connectivity index (χ4v) is 2.50. The minimum Gasteiger partial charge on any atom is -0.493 e. The number of methoxy groups -OCH3 is 2.